The van der Waals surface area contributed by atoms with Gasteiger partial charge in [-0.25, -0.2) is 9.80 Å². The highest BCUT2D eigenvalue weighted by Gasteiger charge is 2.35. The largest absolute Gasteiger partial charge is 0.393 e. The molecule has 10 heteroatoms. The molecule has 2 amide bonds. The molecule has 1 aromatic heterocycles. The van der Waals surface area contributed by atoms with Gasteiger partial charge in [0, 0.05) is 43.9 Å². The van der Waals surface area contributed by atoms with Crippen molar-refractivity contribution in [2.75, 3.05) is 44.7 Å². The number of H-pyrrole nitrogens is 1. The van der Waals surface area contributed by atoms with Gasteiger partial charge in [-0.15, -0.1) is 0 Å². The number of hydrogen-bond donors (Lipinski definition) is 4. The molecule has 0 radical (unpaired) electrons. The number of piperidine rings is 1. The van der Waals surface area contributed by atoms with Crippen LogP contribution in [0, 0.1) is 0 Å². The number of amides is 2. The number of aliphatic hydroxyl groups excluding tert-OH is 1. The Hall–Kier alpha value is -3.57. The van der Waals surface area contributed by atoms with E-state index in [4.69, 9.17) is 4.74 Å². The number of fused-ring (bicyclic) bond motifs is 3. The fraction of sp³-hybridized carbons (Fsp3) is 0.370. The Labute approximate surface area is 214 Å². The molecule has 3 aromatic rings. The number of benzene rings is 2. The molecule has 0 saturated carbocycles. The monoisotopic (exact) mass is 502 g/mol. The number of nitrogens with zero attached hydrogens (tertiary/aromatic N) is 3. The van der Waals surface area contributed by atoms with E-state index in [9.17, 15) is 14.7 Å². The van der Waals surface area contributed by atoms with Gasteiger partial charge in [0.25, 0.3) is 0 Å². The zero-order valence-corrected chi connectivity index (χ0v) is 20.5. The van der Waals surface area contributed by atoms with Gasteiger partial charge in [0.1, 0.15) is 5.69 Å². The Bertz CT molecular complexity index is 1310. The fourth-order valence-electron chi connectivity index (χ4n) is 5.27. The van der Waals surface area contributed by atoms with Crippen LogP contribution in [0.25, 0.3) is 22.5 Å². The summed E-state index contributed by atoms with van der Waals surface area (Å²) in [6.45, 7) is 4.96. The summed E-state index contributed by atoms with van der Waals surface area (Å²) >= 11 is 0. The highest BCUT2D eigenvalue weighted by molar-refractivity contribution is 6.26. The molecule has 4 N–H and O–H groups in total. The molecule has 10 nitrogen and oxygen atoms in total. The maximum atomic E-state index is 13.6. The average molecular weight is 503 g/mol. The third kappa shape index (κ3) is 4.76. The lowest BCUT2D eigenvalue weighted by molar-refractivity contribution is 0.0207. The molecule has 192 valence electrons. The zero-order chi connectivity index (χ0) is 25.4. The van der Waals surface area contributed by atoms with Crippen LogP contribution in [0.4, 0.5) is 10.5 Å². The number of anilines is 1. The minimum atomic E-state index is -0.393. The molecular formula is C27H30N6O4. The van der Waals surface area contributed by atoms with Crippen LogP contribution in [0.15, 0.2) is 42.5 Å². The summed E-state index contributed by atoms with van der Waals surface area (Å²) in [6, 6.07) is 13.2. The van der Waals surface area contributed by atoms with Crippen LogP contribution in [-0.4, -0.2) is 82.5 Å². The van der Waals surface area contributed by atoms with Crippen molar-refractivity contribution in [3.63, 3.8) is 0 Å². The second-order valence-corrected chi connectivity index (χ2v) is 9.75. The van der Waals surface area contributed by atoms with E-state index in [2.05, 4.69) is 38.0 Å². The van der Waals surface area contributed by atoms with Gasteiger partial charge in [-0.05, 0) is 24.5 Å². The minimum Gasteiger partial charge on any atom is -0.393 e. The molecule has 1 aliphatic carbocycles. The summed E-state index contributed by atoms with van der Waals surface area (Å²) in [5.41, 5.74) is 8.31. The number of ether oxygens (including phenoxy) is 1. The molecule has 2 saturated heterocycles. The van der Waals surface area contributed by atoms with Crippen molar-refractivity contribution < 1.29 is 19.4 Å². The number of aliphatic hydroxyl groups is 1. The molecule has 3 aliphatic rings. The highest BCUT2D eigenvalue weighted by atomic mass is 16.5. The molecule has 3 heterocycles. The van der Waals surface area contributed by atoms with Crippen molar-refractivity contribution in [1.29, 1.82) is 0 Å². The zero-order valence-electron chi connectivity index (χ0n) is 20.5. The van der Waals surface area contributed by atoms with Crippen LogP contribution >= 0.6 is 0 Å². The fourth-order valence-corrected chi connectivity index (χ4v) is 5.27. The molecule has 0 unspecified atom stereocenters. The van der Waals surface area contributed by atoms with Gasteiger partial charge < -0.3 is 15.2 Å². The number of hydrogen-bond acceptors (Lipinski definition) is 7. The molecule has 37 heavy (non-hydrogen) atoms. The maximum Gasteiger partial charge on any atom is 0.333 e. The molecule has 2 aromatic carbocycles. The van der Waals surface area contributed by atoms with E-state index >= 15 is 0 Å². The first-order chi connectivity index (χ1) is 18.1. The Morgan fingerprint density at radius 3 is 2.57 bits per heavy atom. The summed E-state index contributed by atoms with van der Waals surface area (Å²) in [6.07, 6.45) is 1.44. The number of hydrazine groups is 1. The van der Waals surface area contributed by atoms with Crippen molar-refractivity contribution >= 4 is 17.5 Å². The topological polar surface area (TPSA) is 123 Å². The normalized spacial score (nSPS) is 18.5. The first kappa shape index (κ1) is 23.8. The molecule has 0 spiro atoms. The highest BCUT2D eigenvalue weighted by Crippen LogP contribution is 2.42. The lowest BCUT2D eigenvalue weighted by Gasteiger charge is -2.29. The number of ketones is 1. The van der Waals surface area contributed by atoms with Gasteiger partial charge in [0.15, 0.2) is 5.78 Å². The third-order valence-electron chi connectivity index (χ3n) is 7.26. The number of aromatic nitrogens is 2. The number of nitrogens with one attached hydrogen (secondary N) is 3. The Balaban J connectivity index is 1.19. The van der Waals surface area contributed by atoms with Crippen LogP contribution < -0.4 is 10.7 Å². The Kier molecular flexibility index (Phi) is 6.47. The third-order valence-corrected chi connectivity index (χ3v) is 7.26. The van der Waals surface area contributed by atoms with E-state index in [0.717, 1.165) is 43.6 Å². The lowest BCUT2D eigenvalue weighted by atomic mass is 10.0. The summed E-state index contributed by atoms with van der Waals surface area (Å²) in [7, 11) is 0. The van der Waals surface area contributed by atoms with Crippen molar-refractivity contribution in [3.8, 4) is 22.5 Å². The summed E-state index contributed by atoms with van der Waals surface area (Å²) < 4.78 is 5.32. The molecule has 2 fully saturated rings. The molecule has 0 bridgehead atoms. The molecular weight excluding hydrogens is 472 g/mol. The number of rotatable bonds is 5. The van der Waals surface area contributed by atoms with Crippen molar-refractivity contribution in [1.82, 2.24) is 25.5 Å². The number of carbonyl (C=O) groups excluding carboxylic acids is 2. The van der Waals surface area contributed by atoms with Crippen LogP contribution in [-0.2, 0) is 11.3 Å². The number of urea groups is 1. The average Bonchev–Trinajstić information content (AvgIpc) is 3.47. The van der Waals surface area contributed by atoms with Crippen molar-refractivity contribution in [3.05, 3.63) is 59.2 Å². The quantitative estimate of drug-likeness (QED) is 0.331. The van der Waals surface area contributed by atoms with Crippen LogP contribution in [0.5, 0.6) is 0 Å². The first-order valence-corrected chi connectivity index (χ1v) is 12.7. The SMILES string of the molecule is O=C(Nc1cccc2c1C(=O)c1c(-c3ccc(CN4CCC(O)CC4)cc3)n[nH]c1-2)NN1CCOCC1. The Morgan fingerprint density at radius 2 is 1.81 bits per heavy atom. The summed E-state index contributed by atoms with van der Waals surface area (Å²) in [4.78, 5) is 28.6. The molecule has 0 atom stereocenters. The molecule has 2 aliphatic heterocycles. The van der Waals surface area contributed by atoms with Crippen LogP contribution in [0.3, 0.4) is 0 Å². The summed E-state index contributed by atoms with van der Waals surface area (Å²) in [5, 5.41) is 21.9. The van der Waals surface area contributed by atoms with Gasteiger partial charge in [-0.3, -0.25) is 20.2 Å². The lowest BCUT2D eigenvalue weighted by Crippen LogP contribution is -2.49. The smallest absolute Gasteiger partial charge is 0.333 e. The predicted octanol–water partition coefficient (Wildman–Crippen LogP) is 2.61. The standard InChI is InChI=1S/C27H30N6O4/c34-19-8-10-32(11-9-19)16-17-4-6-18(7-5-17)24-23-25(30-29-24)20-2-1-3-21(22(20)26(23)35)28-27(36)31-33-12-14-37-15-13-33/h1-7,19,34H,8-16H2,(H,29,30)(H2,28,31,36). The number of aromatic amines is 1. The van der Waals surface area contributed by atoms with Gasteiger partial charge in [-0.2, -0.15) is 5.10 Å². The Morgan fingerprint density at radius 1 is 1.05 bits per heavy atom. The van der Waals surface area contributed by atoms with Gasteiger partial charge in [0.05, 0.1) is 41.8 Å². The van der Waals surface area contributed by atoms with Crippen molar-refractivity contribution in [2.24, 2.45) is 0 Å². The minimum absolute atomic E-state index is 0.160. The molecule has 6 rings (SSSR count). The second kappa shape index (κ2) is 10.1. The van der Waals surface area contributed by atoms with Gasteiger partial charge in [0.2, 0.25) is 0 Å². The number of morpholine rings is 1. The van der Waals surface area contributed by atoms with Crippen LogP contribution in [0.2, 0.25) is 0 Å². The predicted molar refractivity (Wildman–Crippen MR) is 138 cm³/mol. The maximum absolute atomic E-state index is 13.6. The van der Waals surface area contributed by atoms with E-state index in [1.165, 1.54) is 5.56 Å². The second-order valence-electron chi connectivity index (χ2n) is 9.75. The van der Waals surface area contributed by atoms with E-state index in [1.807, 2.05) is 24.3 Å². The van der Waals surface area contributed by atoms with E-state index < -0.39 is 6.03 Å². The first-order valence-electron chi connectivity index (χ1n) is 12.7. The van der Waals surface area contributed by atoms with E-state index in [-0.39, 0.29) is 11.9 Å². The van der Waals surface area contributed by atoms with E-state index in [1.54, 1.807) is 11.1 Å². The number of likely N-dealkylation sites (tertiary alicyclic amines) is 1. The summed E-state index contributed by atoms with van der Waals surface area (Å²) in [5.74, 6) is -0.160. The number of carbonyl (C=O) groups is 2. The van der Waals surface area contributed by atoms with Crippen LogP contribution in [0.1, 0.15) is 34.3 Å². The van der Waals surface area contributed by atoms with E-state index in [0.29, 0.717) is 54.5 Å². The van der Waals surface area contributed by atoms with Crippen molar-refractivity contribution in [2.45, 2.75) is 25.5 Å². The van der Waals surface area contributed by atoms with Gasteiger partial charge >= 0.3 is 6.03 Å². The van der Waals surface area contributed by atoms with Gasteiger partial charge in [-0.1, -0.05) is 36.4 Å².